The molecular formula is C20H25N3O6S. The van der Waals surface area contributed by atoms with Crippen molar-refractivity contribution < 1.29 is 27.4 Å². The third kappa shape index (κ3) is 4.44. The third-order valence-corrected chi connectivity index (χ3v) is 7.35. The van der Waals surface area contributed by atoms with Gasteiger partial charge < -0.3 is 19.5 Å². The number of nitrogens with one attached hydrogen (secondary N) is 2. The number of amides is 1. The topological polar surface area (TPSA) is 127 Å². The van der Waals surface area contributed by atoms with Crippen molar-refractivity contribution in [1.29, 1.82) is 5.26 Å². The summed E-state index contributed by atoms with van der Waals surface area (Å²) in [5.74, 6) is 0. The molecule has 1 aromatic carbocycles. The fourth-order valence-electron chi connectivity index (χ4n) is 4.31. The van der Waals surface area contributed by atoms with Gasteiger partial charge in [-0.1, -0.05) is 31.4 Å². The number of carbonyl (C=O) groups excluding carboxylic acids is 1. The van der Waals surface area contributed by atoms with Gasteiger partial charge in [-0.15, -0.1) is 0 Å². The van der Waals surface area contributed by atoms with Gasteiger partial charge in [0.15, 0.2) is 6.10 Å². The second kappa shape index (κ2) is 8.89. The van der Waals surface area contributed by atoms with Crippen molar-refractivity contribution >= 4 is 16.1 Å². The maximum atomic E-state index is 12.8. The summed E-state index contributed by atoms with van der Waals surface area (Å²) in [5, 5.41) is 12.1. The second-order valence-electron chi connectivity index (χ2n) is 7.85. The molecule has 0 aromatic heterocycles. The maximum absolute atomic E-state index is 12.8. The van der Waals surface area contributed by atoms with E-state index in [1.807, 2.05) is 6.07 Å². The summed E-state index contributed by atoms with van der Waals surface area (Å²) >= 11 is 0. The molecule has 0 spiro atoms. The number of nitrogens with zero attached hydrogens (tertiary/aromatic N) is 1. The SMILES string of the molecule is N#Cc1ccccc1S(=O)(=O)N[C@@H]1CO[C@@H]2[C@@H]1OC[C@H]2OC(=O)NC1CCCCC1. The average molecular weight is 436 g/mol. The quantitative estimate of drug-likeness (QED) is 0.716. The molecule has 1 saturated carbocycles. The number of carbonyl (C=O) groups is 1. The Labute approximate surface area is 175 Å². The molecule has 30 heavy (non-hydrogen) atoms. The van der Waals surface area contributed by atoms with Gasteiger partial charge >= 0.3 is 6.09 Å². The Morgan fingerprint density at radius 3 is 2.60 bits per heavy atom. The summed E-state index contributed by atoms with van der Waals surface area (Å²) in [7, 11) is -3.94. The summed E-state index contributed by atoms with van der Waals surface area (Å²) in [6.45, 7) is 0.230. The molecule has 0 bridgehead atoms. The molecule has 1 amide bonds. The first-order chi connectivity index (χ1) is 14.5. The summed E-state index contributed by atoms with van der Waals surface area (Å²) in [6, 6.07) is 7.38. The highest BCUT2D eigenvalue weighted by Gasteiger charge is 2.50. The molecule has 162 valence electrons. The van der Waals surface area contributed by atoms with Crippen LogP contribution >= 0.6 is 0 Å². The molecule has 3 aliphatic rings. The van der Waals surface area contributed by atoms with Crippen molar-refractivity contribution in [3.05, 3.63) is 29.8 Å². The van der Waals surface area contributed by atoms with E-state index >= 15 is 0 Å². The Morgan fingerprint density at radius 2 is 1.83 bits per heavy atom. The number of sulfonamides is 1. The number of hydrogen-bond donors (Lipinski definition) is 2. The highest BCUT2D eigenvalue weighted by Crippen LogP contribution is 2.30. The molecule has 2 saturated heterocycles. The van der Waals surface area contributed by atoms with Crippen molar-refractivity contribution in [2.45, 2.75) is 67.4 Å². The Bertz CT molecular complexity index is 925. The van der Waals surface area contributed by atoms with Crippen molar-refractivity contribution in [2.24, 2.45) is 0 Å². The van der Waals surface area contributed by atoms with E-state index in [0.29, 0.717) is 0 Å². The fourth-order valence-corrected chi connectivity index (χ4v) is 5.70. The maximum Gasteiger partial charge on any atom is 0.407 e. The molecule has 2 heterocycles. The Balaban J connectivity index is 1.36. The molecule has 3 fully saturated rings. The number of alkyl carbamates (subject to hydrolysis) is 1. The predicted octanol–water partition coefficient (Wildman–Crippen LogP) is 1.43. The van der Waals surface area contributed by atoms with Gasteiger partial charge in [-0.2, -0.15) is 5.26 Å². The molecule has 9 nitrogen and oxygen atoms in total. The summed E-state index contributed by atoms with van der Waals surface area (Å²) in [4.78, 5) is 12.1. The standard InChI is InChI=1S/C20H25N3O6S/c21-10-13-6-4-5-9-17(13)30(25,26)23-15-11-27-19-16(12-28-18(15)19)29-20(24)22-14-7-2-1-3-8-14/h4-6,9,14-16,18-19,23H,1-3,7-8,11-12H2,(H,22,24)/t15-,16-,18-,19+/m1/s1. The normalized spacial score (nSPS) is 29.2. The summed E-state index contributed by atoms with van der Waals surface area (Å²) < 4.78 is 45.0. The van der Waals surface area contributed by atoms with Gasteiger partial charge in [0, 0.05) is 6.04 Å². The van der Waals surface area contributed by atoms with Gasteiger partial charge in [0.1, 0.15) is 18.3 Å². The Kier molecular flexibility index (Phi) is 6.24. The number of nitriles is 1. The predicted molar refractivity (Wildman–Crippen MR) is 105 cm³/mol. The molecule has 0 radical (unpaired) electrons. The molecule has 0 unspecified atom stereocenters. The molecular weight excluding hydrogens is 410 g/mol. The minimum atomic E-state index is -3.94. The van der Waals surface area contributed by atoms with Crippen molar-refractivity contribution in [1.82, 2.24) is 10.0 Å². The lowest BCUT2D eigenvalue weighted by Crippen LogP contribution is -2.45. The monoisotopic (exact) mass is 435 g/mol. The summed E-state index contributed by atoms with van der Waals surface area (Å²) in [5.41, 5.74) is 0.0633. The van der Waals surface area contributed by atoms with E-state index in [9.17, 15) is 18.5 Å². The minimum absolute atomic E-state index is 0.0633. The summed E-state index contributed by atoms with van der Waals surface area (Å²) in [6.07, 6.45) is 3.09. The van der Waals surface area contributed by atoms with Crippen LogP contribution in [0.3, 0.4) is 0 Å². The number of ether oxygens (including phenoxy) is 3. The van der Waals surface area contributed by atoms with Crippen LogP contribution in [0.2, 0.25) is 0 Å². The zero-order valence-electron chi connectivity index (χ0n) is 16.5. The second-order valence-corrected chi connectivity index (χ2v) is 9.54. The van der Waals surface area contributed by atoms with Gasteiger partial charge in [0.05, 0.1) is 29.7 Å². The zero-order chi connectivity index (χ0) is 21.1. The largest absolute Gasteiger partial charge is 0.441 e. The number of benzene rings is 1. The molecule has 10 heteroatoms. The molecule has 2 N–H and O–H groups in total. The molecule has 1 aromatic rings. The number of hydrogen-bond acceptors (Lipinski definition) is 7. The van der Waals surface area contributed by atoms with E-state index in [0.717, 1.165) is 25.7 Å². The van der Waals surface area contributed by atoms with E-state index in [1.54, 1.807) is 12.1 Å². The lowest BCUT2D eigenvalue weighted by molar-refractivity contribution is 0.00281. The van der Waals surface area contributed by atoms with Crippen LogP contribution in [0, 0.1) is 11.3 Å². The van der Waals surface area contributed by atoms with Crippen molar-refractivity contribution in [2.75, 3.05) is 13.2 Å². The van der Waals surface area contributed by atoms with E-state index in [-0.39, 0.29) is 29.7 Å². The first-order valence-electron chi connectivity index (χ1n) is 10.2. The van der Waals surface area contributed by atoms with Gasteiger partial charge in [0.2, 0.25) is 10.0 Å². The highest BCUT2D eigenvalue weighted by atomic mass is 32.2. The van der Waals surface area contributed by atoms with E-state index in [4.69, 9.17) is 14.2 Å². The van der Waals surface area contributed by atoms with Crippen molar-refractivity contribution in [3.8, 4) is 6.07 Å². The zero-order valence-corrected chi connectivity index (χ0v) is 17.3. The Hall–Kier alpha value is -2.19. The van der Waals surface area contributed by atoms with Gasteiger partial charge in [0.25, 0.3) is 0 Å². The van der Waals surface area contributed by atoms with Crippen LogP contribution < -0.4 is 10.0 Å². The smallest absolute Gasteiger partial charge is 0.407 e. The van der Waals surface area contributed by atoms with Crippen LogP contribution in [0.25, 0.3) is 0 Å². The Morgan fingerprint density at radius 1 is 1.10 bits per heavy atom. The lowest BCUT2D eigenvalue weighted by Gasteiger charge is -2.24. The van der Waals surface area contributed by atoms with Gasteiger partial charge in [-0.25, -0.2) is 17.9 Å². The van der Waals surface area contributed by atoms with Crippen LogP contribution in [-0.2, 0) is 24.2 Å². The third-order valence-electron chi connectivity index (χ3n) is 5.80. The van der Waals surface area contributed by atoms with Crippen molar-refractivity contribution in [3.63, 3.8) is 0 Å². The molecule has 1 aliphatic carbocycles. The molecule has 4 atom stereocenters. The minimum Gasteiger partial charge on any atom is -0.441 e. The highest BCUT2D eigenvalue weighted by molar-refractivity contribution is 7.89. The van der Waals surface area contributed by atoms with Crippen LogP contribution in [0.4, 0.5) is 4.79 Å². The van der Waals surface area contributed by atoms with Gasteiger partial charge in [-0.3, -0.25) is 0 Å². The van der Waals surface area contributed by atoms with E-state index < -0.39 is 40.5 Å². The molecule has 4 rings (SSSR count). The van der Waals surface area contributed by atoms with Gasteiger partial charge in [-0.05, 0) is 25.0 Å². The first kappa shape index (κ1) is 21.1. The fraction of sp³-hybridized carbons (Fsp3) is 0.600. The first-order valence-corrected chi connectivity index (χ1v) is 11.7. The number of fused-ring (bicyclic) bond motifs is 1. The van der Waals surface area contributed by atoms with Crippen LogP contribution in [0.5, 0.6) is 0 Å². The van der Waals surface area contributed by atoms with Crippen LogP contribution in [0.15, 0.2) is 29.2 Å². The van der Waals surface area contributed by atoms with E-state index in [1.165, 1.54) is 18.6 Å². The van der Waals surface area contributed by atoms with E-state index in [2.05, 4.69) is 10.0 Å². The van der Waals surface area contributed by atoms with Crippen LogP contribution in [0.1, 0.15) is 37.7 Å². The number of rotatable bonds is 5. The molecule has 2 aliphatic heterocycles. The lowest BCUT2D eigenvalue weighted by atomic mass is 9.96. The average Bonchev–Trinajstić information content (AvgIpc) is 3.32. The van der Waals surface area contributed by atoms with Crippen LogP contribution in [-0.4, -0.2) is 58.1 Å².